The Balaban J connectivity index is 1.95. The molecule has 0 saturated carbocycles. The van der Waals surface area contributed by atoms with Crippen molar-refractivity contribution in [2.45, 2.75) is 65.3 Å². The molecular formula is C23H28F2N6. The number of hydrogen-bond donors (Lipinski definition) is 2. The van der Waals surface area contributed by atoms with Crippen molar-refractivity contribution >= 4 is 29.1 Å². The summed E-state index contributed by atoms with van der Waals surface area (Å²) >= 11 is 0. The molecule has 31 heavy (non-hydrogen) atoms. The summed E-state index contributed by atoms with van der Waals surface area (Å²) in [4.78, 5) is 18.2. The average molecular weight is 427 g/mol. The van der Waals surface area contributed by atoms with Crippen LogP contribution in [0.3, 0.4) is 0 Å². The van der Waals surface area contributed by atoms with Gasteiger partial charge < -0.3 is 10.7 Å². The van der Waals surface area contributed by atoms with Crippen LogP contribution in [0.1, 0.15) is 75.5 Å². The van der Waals surface area contributed by atoms with Gasteiger partial charge in [0.1, 0.15) is 0 Å². The molecule has 0 fully saturated rings. The van der Waals surface area contributed by atoms with Crippen LogP contribution in [0.5, 0.6) is 0 Å². The molecule has 2 aromatic rings. The zero-order valence-corrected chi connectivity index (χ0v) is 18.3. The molecule has 0 aromatic carbocycles. The van der Waals surface area contributed by atoms with Crippen molar-refractivity contribution in [1.29, 1.82) is 5.41 Å². The minimum Gasteiger partial charge on any atom is -0.352 e. The Kier molecular flexibility index (Phi) is 7.20. The van der Waals surface area contributed by atoms with Gasteiger partial charge in [0.2, 0.25) is 12.4 Å². The number of rotatable bonds is 9. The molecular weight excluding hydrogens is 398 g/mol. The van der Waals surface area contributed by atoms with Crippen LogP contribution in [0.4, 0.5) is 20.4 Å². The fourth-order valence-corrected chi connectivity index (χ4v) is 3.62. The number of nitrogens with zero attached hydrogens (tertiary/aromatic N) is 4. The number of nitrogens with one attached hydrogen (secondary N) is 2. The van der Waals surface area contributed by atoms with Crippen molar-refractivity contribution in [3.8, 4) is 0 Å². The number of allylic oxidation sites excluding steroid dienone is 1. The lowest BCUT2D eigenvalue weighted by Crippen LogP contribution is -2.16. The Morgan fingerprint density at radius 3 is 2.71 bits per heavy atom. The Bertz CT molecular complexity index is 1020. The Hall–Kier alpha value is -3.03. The topological polar surface area (TPSA) is 86.9 Å². The predicted molar refractivity (Wildman–Crippen MR) is 121 cm³/mol. The van der Waals surface area contributed by atoms with E-state index in [1.807, 2.05) is 39.0 Å². The highest BCUT2D eigenvalue weighted by Gasteiger charge is 2.28. The van der Waals surface area contributed by atoms with E-state index in [4.69, 9.17) is 10.4 Å². The highest BCUT2D eigenvalue weighted by Crippen LogP contribution is 2.38. The summed E-state index contributed by atoms with van der Waals surface area (Å²) in [6, 6.07) is 3.95. The quantitative estimate of drug-likeness (QED) is 0.499. The van der Waals surface area contributed by atoms with Crippen LogP contribution in [-0.2, 0) is 0 Å². The highest BCUT2D eigenvalue weighted by molar-refractivity contribution is 5.96. The van der Waals surface area contributed by atoms with Crippen molar-refractivity contribution in [3.05, 3.63) is 47.1 Å². The van der Waals surface area contributed by atoms with Crippen molar-refractivity contribution in [1.82, 2.24) is 15.0 Å². The van der Waals surface area contributed by atoms with E-state index in [1.54, 1.807) is 6.20 Å². The predicted octanol–water partition coefficient (Wildman–Crippen LogP) is 5.77. The lowest BCUT2D eigenvalue weighted by atomic mass is 9.94. The molecule has 0 bridgehead atoms. The number of halogens is 2. The molecule has 6 nitrogen and oxygen atoms in total. The molecule has 0 aliphatic carbocycles. The van der Waals surface area contributed by atoms with Gasteiger partial charge in [0, 0.05) is 47.6 Å². The fraction of sp³-hybridized carbons (Fsp3) is 0.435. The molecule has 2 atom stereocenters. The Morgan fingerprint density at radius 1 is 1.29 bits per heavy atom. The molecule has 3 rings (SSSR count). The molecule has 8 heteroatoms. The molecule has 0 radical (unpaired) electrons. The van der Waals surface area contributed by atoms with Crippen LogP contribution >= 0.6 is 0 Å². The summed E-state index contributed by atoms with van der Waals surface area (Å²) in [7, 11) is 0. The lowest BCUT2D eigenvalue weighted by molar-refractivity contribution is 0.134. The van der Waals surface area contributed by atoms with E-state index in [2.05, 4.69) is 27.2 Å². The molecule has 0 saturated heterocycles. The third-order valence-electron chi connectivity index (χ3n) is 5.50. The Labute approximate surface area is 181 Å². The fourth-order valence-electron chi connectivity index (χ4n) is 3.62. The maximum atomic E-state index is 12.8. The van der Waals surface area contributed by atoms with Crippen LogP contribution < -0.4 is 5.32 Å². The van der Waals surface area contributed by atoms with Gasteiger partial charge in [0.25, 0.3) is 0 Å². The highest BCUT2D eigenvalue weighted by atomic mass is 19.3. The van der Waals surface area contributed by atoms with Gasteiger partial charge in [-0.3, -0.25) is 4.99 Å². The monoisotopic (exact) mass is 426 g/mol. The summed E-state index contributed by atoms with van der Waals surface area (Å²) in [5.74, 6) is 0.271. The van der Waals surface area contributed by atoms with Crippen molar-refractivity contribution in [2.24, 2.45) is 4.99 Å². The molecule has 1 unspecified atom stereocenters. The van der Waals surface area contributed by atoms with E-state index in [9.17, 15) is 8.78 Å². The van der Waals surface area contributed by atoms with Gasteiger partial charge in [-0.05, 0) is 45.7 Å². The first-order valence-electron chi connectivity index (χ1n) is 10.5. The van der Waals surface area contributed by atoms with Gasteiger partial charge in [-0.25, -0.2) is 23.7 Å². The summed E-state index contributed by atoms with van der Waals surface area (Å²) in [5, 5.41) is 11.1. The van der Waals surface area contributed by atoms with Gasteiger partial charge in [-0.1, -0.05) is 13.0 Å². The number of aromatic nitrogens is 3. The van der Waals surface area contributed by atoms with Gasteiger partial charge in [-0.2, -0.15) is 0 Å². The molecule has 2 aromatic heterocycles. The summed E-state index contributed by atoms with van der Waals surface area (Å²) in [5.41, 5.74) is 4.91. The second kappa shape index (κ2) is 9.85. The van der Waals surface area contributed by atoms with Crippen molar-refractivity contribution < 1.29 is 8.78 Å². The van der Waals surface area contributed by atoms with E-state index < -0.39 is 6.43 Å². The normalized spacial score (nSPS) is 16.8. The molecule has 1 aliphatic heterocycles. The van der Waals surface area contributed by atoms with Gasteiger partial charge in [-0.15, -0.1) is 0 Å². The average Bonchev–Trinajstić information content (AvgIpc) is 3.07. The van der Waals surface area contributed by atoms with Crippen molar-refractivity contribution in [3.63, 3.8) is 0 Å². The largest absolute Gasteiger partial charge is 0.352 e. The third kappa shape index (κ3) is 5.00. The van der Waals surface area contributed by atoms with Gasteiger partial charge in [0.05, 0.1) is 22.8 Å². The van der Waals surface area contributed by atoms with E-state index in [0.29, 0.717) is 29.3 Å². The molecule has 3 heterocycles. The first kappa shape index (κ1) is 22.7. The van der Waals surface area contributed by atoms with Crippen LogP contribution in [0.2, 0.25) is 0 Å². The van der Waals surface area contributed by atoms with Crippen LogP contribution in [-0.4, -0.2) is 39.3 Å². The lowest BCUT2D eigenvalue weighted by Gasteiger charge is -2.16. The first-order valence-corrected chi connectivity index (χ1v) is 10.5. The number of alkyl halides is 2. The smallest absolute Gasteiger partial charge is 0.238 e. The number of fused-ring (bicyclic) bond motifs is 1. The molecule has 1 aliphatic rings. The van der Waals surface area contributed by atoms with E-state index in [1.165, 1.54) is 6.21 Å². The molecule has 2 N–H and O–H groups in total. The van der Waals surface area contributed by atoms with E-state index in [0.717, 1.165) is 29.1 Å². The number of hydrogen-bond acceptors (Lipinski definition) is 6. The number of aliphatic imine (C=N–C) groups is 1. The number of anilines is 1. The van der Waals surface area contributed by atoms with Crippen LogP contribution in [0.25, 0.3) is 5.57 Å². The maximum Gasteiger partial charge on any atom is 0.238 e. The first-order chi connectivity index (χ1) is 14.9. The molecule has 0 spiro atoms. The zero-order valence-electron chi connectivity index (χ0n) is 18.3. The minimum atomic E-state index is -2.35. The van der Waals surface area contributed by atoms with Gasteiger partial charge >= 0.3 is 0 Å². The Morgan fingerprint density at radius 2 is 2.06 bits per heavy atom. The second-order valence-corrected chi connectivity index (χ2v) is 7.67. The zero-order chi connectivity index (χ0) is 22.5. The maximum absolute atomic E-state index is 12.8. The summed E-state index contributed by atoms with van der Waals surface area (Å²) < 4.78 is 25.6. The standard InChI is InChI=1S/C23H28F2N6/c1-5-13(3)28-23-27-12-17(20(11-26)31-23)15(6-2)18-8-9-19-22(30-18)16(14(4)29-19)7-10-21(24)25/h6,8-9,11-13,16,21,26H,5,7,10H2,1-4H3,(H,27,28,31)/b15-6+,26-11?/t13-,16?/m0/s1. The molecule has 164 valence electrons. The van der Waals surface area contributed by atoms with E-state index in [-0.39, 0.29) is 18.4 Å². The number of pyridine rings is 1. The van der Waals surface area contributed by atoms with Crippen LogP contribution in [0, 0.1) is 5.41 Å². The van der Waals surface area contributed by atoms with Crippen molar-refractivity contribution in [2.75, 3.05) is 5.32 Å². The molecule has 0 amide bonds. The van der Waals surface area contributed by atoms with E-state index >= 15 is 0 Å². The van der Waals surface area contributed by atoms with Crippen LogP contribution in [0.15, 0.2) is 29.4 Å². The third-order valence-corrected chi connectivity index (χ3v) is 5.50. The SMILES string of the molecule is C/C=C(/c1ccc2c(n1)C(CCC(F)F)C(C)=N2)c1cnc(N[C@@H](C)CC)nc1C=N. The second-order valence-electron chi connectivity index (χ2n) is 7.67. The summed E-state index contributed by atoms with van der Waals surface area (Å²) in [6.07, 6.45) is 3.51. The van der Waals surface area contributed by atoms with Gasteiger partial charge in [0.15, 0.2) is 0 Å². The summed E-state index contributed by atoms with van der Waals surface area (Å²) in [6.45, 7) is 7.86. The minimum absolute atomic E-state index is 0.185.